The topological polar surface area (TPSA) is 49.6 Å². The molecule has 2 rings (SSSR count). The van der Waals surface area contributed by atoms with Crippen LogP contribution in [0.5, 0.6) is 0 Å². The molecule has 1 heterocycles. The monoisotopic (exact) mass is 197 g/mol. The fraction of sp³-hybridized carbons (Fsp3) is 0.900. The van der Waals surface area contributed by atoms with Crippen LogP contribution < -0.4 is 5.73 Å². The van der Waals surface area contributed by atoms with Gasteiger partial charge in [0.15, 0.2) is 0 Å². The quantitative estimate of drug-likeness (QED) is 0.709. The van der Waals surface area contributed by atoms with Gasteiger partial charge in [-0.1, -0.05) is 0 Å². The van der Waals surface area contributed by atoms with Gasteiger partial charge in [0.1, 0.15) is 0 Å². The molecule has 0 aromatic carbocycles. The lowest BCUT2D eigenvalue weighted by Crippen LogP contribution is -2.52. The van der Waals surface area contributed by atoms with Crippen LogP contribution in [0.4, 0.5) is 0 Å². The molecule has 4 nitrogen and oxygen atoms in total. The maximum atomic E-state index is 11.7. The van der Waals surface area contributed by atoms with Crippen LogP contribution in [0.1, 0.15) is 32.1 Å². The van der Waals surface area contributed by atoms with Crippen LogP contribution in [0.3, 0.4) is 0 Å². The molecular formula is C10H19N3O. The third-order valence-electron chi connectivity index (χ3n) is 3.68. The second-order valence-corrected chi connectivity index (χ2v) is 4.44. The molecule has 2 fully saturated rings. The Morgan fingerprint density at radius 3 is 2.64 bits per heavy atom. The van der Waals surface area contributed by atoms with E-state index < -0.39 is 0 Å². The Labute approximate surface area is 85.0 Å². The van der Waals surface area contributed by atoms with E-state index in [0.717, 1.165) is 13.0 Å². The molecule has 1 aliphatic heterocycles. The van der Waals surface area contributed by atoms with Crippen molar-refractivity contribution < 1.29 is 4.79 Å². The average molecular weight is 197 g/mol. The summed E-state index contributed by atoms with van der Waals surface area (Å²) in [5.41, 5.74) is 5.64. The molecule has 0 aromatic heterocycles. The van der Waals surface area contributed by atoms with Crippen molar-refractivity contribution in [2.45, 2.75) is 37.6 Å². The van der Waals surface area contributed by atoms with E-state index in [0.29, 0.717) is 13.0 Å². The molecule has 0 bridgehead atoms. The Kier molecular flexibility index (Phi) is 2.49. The van der Waals surface area contributed by atoms with Crippen LogP contribution in [-0.4, -0.2) is 41.6 Å². The number of rotatable bonds is 3. The van der Waals surface area contributed by atoms with Crippen LogP contribution >= 0.6 is 0 Å². The first-order valence-corrected chi connectivity index (χ1v) is 5.44. The molecule has 1 saturated carbocycles. The molecule has 2 aliphatic rings. The van der Waals surface area contributed by atoms with Crippen LogP contribution in [0.25, 0.3) is 0 Å². The van der Waals surface area contributed by atoms with Crippen molar-refractivity contribution in [1.82, 2.24) is 10.0 Å². The van der Waals surface area contributed by atoms with E-state index in [4.69, 9.17) is 5.73 Å². The highest BCUT2D eigenvalue weighted by molar-refractivity contribution is 5.79. The second-order valence-electron chi connectivity index (χ2n) is 4.44. The fourth-order valence-electron chi connectivity index (χ4n) is 2.51. The highest BCUT2D eigenvalue weighted by atomic mass is 16.2. The number of hydrogen-bond acceptors (Lipinski definition) is 3. The van der Waals surface area contributed by atoms with Gasteiger partial charge in [0.25, 0.3) is 0 Å². The number of hydrazine groups is 1. The van der Waals surface area contributed by atoms with Crippen molar-refractivity contribution in [3.8, 4) is 0 Å². The number of carbonyl (C=O) groups excluding carboxylic acids is 1. The Hall–Kier alpha value is -0.610. The number of nitrogens with zero attached hydrogens (tertiary/aromatic N) is 2. The predicted molar refractivity (Wildman–Crippen MR) is 54.3 cm³/mol. The lowest BCUT2D eigenvalue weighted by Gasteiger charge is -2.44. The lowest BCUT2D eigenvalue weighted by atomic mass is 9.75. The minimum Gasteiger partial charge on any atom is -0.330 e. The zero-order valence-corrected chi connectivity index (χ0v) is 8.83. The van der Waals surface area contributed by atoms with Gasteiger partial charge in [-0.25, -0.2) is 5.01 Å². The summed E-state index contributed by atoms with van der Waals surface area (Å²) in [5.74, 6) is 0.278. The van der Waals surface area contributed by atoms with Crippen LogP contribution in [0.2, 0.25) is 0 Å². The van der Waals surface area contributed by atoms with Gasteiger partial charge < -0.3 is 5.73 Å². The number of nitrogens with two attached hydrogens (primary N) is 1. The minimum atomic E-state index is 0.186. The van der Waals surface area contributed by atoms with Gasteiger partial charge in [-0.2, -0.15) is 0 Å². The fourth-order valence-corrected chi connectivity index (χ4v) is 2.51. The predicted octanol–water partition coefficient (Wildman–Crippen LogP) is 0.337. The van der Waals surface area contributed by atoms with Crippen LogP contribution in [0, 0.1) is 0 Å². The first kappa shape index (κ1) is 9.93. The van der Waals surface area contributed by atoms with E-state index >= 15 is 0 Å². The first-order valence-electron chi connectivity index (χ1n) is 5.44. The largest absolute Gasteiger partial charge is 0.330 e. The van der Waals surface area contributed by atoms with Crippen molar-refractivity contribution in [2.75, 3.05) is 20.1 Å². The molecule has 1 spiro atoms. The number of carbonyl (C=O) groups is 1. The SMILES string of the molecule is CN1N(CCCN)C(=O)CC12CCC2. The van der Waals surface area contributed by atoms with E-state index in [1.165, 1.54) is 19.3 Å². The van der Waals surface area contributed by atoms with Crippen molar-refractivity contribution in [3.05, 3.63) is 0 Å². The standard InChI is InChI=1S/C10H19N3O/c1-12-10(4-2-5-10)8-9(14)13(12)7-3-6-11/h2-8,11H2,1H3. The van der Waals surface area contributed by atoms with Gasteiger partial charge in [-0.3, -0.25) is 9.80 Å². The van der Waals surface area contributed by atoms with E-state index in [-0.39, 0.29) is 11.4 Å². The van der Waals surface area contributed by atoms with Crippen molar-refractivity contribution in [3.63, 3.8) is 0 Å². The Bertz CT molecular complexity index is 238. The molecule has 4 heteroatoms. The minimum absolute atomic E-state index is 0.186. The first-order chi connectivity index (χ1) is 6.69. The van der Waals surface area contributed by atoms with Gasteiger partial charge >= 0.3 is 0 Å². The van der Waals surface area contributed by atoms with E-state index in [1.807, 2.05) is 12.1 Å². The zero-order valence-electron chi connectivity index (χ0n) is 8.83. The molecule has 1 amide bonds. The molecule has 0 radical (unpaired) electrons. The van der Waals surface area contributed by atoms with Gasteiger partial charge in [0.05, 0.1) is 0 Å². The summed E-state index contributed by atoms with van der Waals surface area (Å²) in [6, 6.07) is 0. The Morgan fingerprint density at radius 1 is 1.50 bits per heavy atom. The molecule has 1 aliphatic carbocycles. The highest BCUT2D eigenvalue weighted by Crippen LogP contribution is 2.44. The molecule has 1 saturated heterocycles. The maximum absolute atomic E-state index is 11.7. The normalized spacial score (nSPS) is 25.9. The summed E-state index contributed by atoms with van der Waals surface area (Å²) < 4.78 is 0. The molecule has 0 atom stereocenters. The van der Waals surface area contributed by atoms with Crippen LogP contribution in [0.15, 0.2) is 0 Å². The summed E-state index contributed by atoms with van der Waals surface area (Å²) in [5, 5.41) is 4.04. The summed E-state index contributed by atoms with van der Waals surface area (Å²) in [7, 11) is 2.04. The van der Waals surface area contributed by atoms with Crippen molar-refractivity contribution in [2.24, 2.45) is 5.73 Å². The molecule has 14 heavy (non-hydrogen) atoms. The van der Waals surface area contributed by atoms with Gasteiger partial charge in [-0.05, 0) is 32.2 Å². The second kappa shape index (κ2) is 3.51. The lowest BCUT2D eigenvalue weighted by molar-refractivity contribution is -0.140. The summed E-state index contributed by atoms with van der Waals surface area (Å²) >= 11 is 0. The highest BCUT2D eigenvalue weighted by Gasteiger charge is 2.51. The molecule has 0 unspecified atom stereocenters. The Balaban J connectivity index is 2.00. The summed E-state index contributed by atoms with van der Waals surface area (Å²) in [6.45, 7) is 1.44. The van der Waals surface area contributed by atoms with Crippen molar-refractivity contribution >= 4 is 5.91 Å². The molecular weight excluding hydrogens is 178 g/mol. The van der Waals surface area contributed by atoms with E-state index in [9.17, 15) is 4.79 Å². The Morgan fingerprint density at radius 2 is 2.21 bits per heavy atom. The third kappa shape index (κ3) is 1.33. The number of hydrogen-bond donors (Lipinski definition) is 1. The van der Waals surface area contributed by atoms with Gasteiger partial charge in [0, 0.05) is 25.6 Å². The van der Waals surface area contributed by atoms with Crippen molar-refractivity contribution in [1.29, 1.82) is 0 Å². The summed E-state index contributed by atoms with van der Waals surface area (Å²) in [4.78, 5) is 11.7. The molecule has 80 valence electrons. The third-order valence-corrected chi connectivity index (χ3v) is 3.68. The van der Waals surface area contributed by atoms with E-state index in [1.54, 1.807) is 0 Å². The van der Waals surface area contributed by atoms with Gasteiger partial charge in [0.2, 0.25) is 5.91 Å². The smallest absolute Gasteiger partial charge is 0.238 e. The number of amides is 1. The molecule has 2 N–H and O–H groups in total. The van der Waals surface area contributed by atoms with E-state index in [2.05, 4.69) is 5.01 Å². The molecule has 0 aromatic rings. The zero-order chi connectivity index (χ0) is 10.2. The average Bonchev–Trinajstić information content (AvgIpc) is 2.35. The van der Waals surface area contributed by atoms with Crippen LogP contribution in [-0.2, 0) is 4.79 Å². The summed E-state index contributed by atoms with van der Waals surface area (Å²) in [6.07, 6.45) is 5.23. The maximum Gasteiger partial charge on any atom is 0.238 e. The van der Waals surface area contributed by atoms with Gasteiger partial charge in [-0.15, -0.1) is 0 Å².